The minimum absolute atomic E-state index is 0.110. The topological polar surface area (TPSA) is 55.4 Å². The number of rotatable bonds is 5. The van der Waals surface area contributed by atoms with Crippen LogP contribution in [-0.4, -0.2) is 17.8 Å². The van der Waals surface area contributed by atoms with Crippen molar-refractivity contribution in [1.29, 1.82) is 0 Å². The number of ketones is 1. The Kier molecular flexibility index (Phi) is 5.46. The lowest BCUT2D eigenvalue weighted by molar-refractivity contribution is -0.137. The number of hydrogen-bond acceptors (Lipinski definition) is 3. The molecule has 0 aliphatic carbocycles. The van der Waals surface area contributed by atoms with Crippen molar-refractivity contribution >= 4 is 17.4 Å². The summed E-state index contributed by atoms with van der Waals surface area (Å²) < 4.78 is 44.2. The van der Waals surface area contributed by atoms with E-state index >= 15 is 0 Å². The van der Waals surface area contributed by atoms with Gasteiger partial charge in [0.1, 0.15) is 5.75 Å². The molecule has 1 N–H and O–H groups in total. The fraction of sp³-hybridized carbons (Fsp3) is 0.222. The fourth-order valence-corrected chi connectivity index (χ4v) is 2.10. The molecule has 0 aliphatic heterocycles. The SMILES string of the molecule is CC(=O)c1ccc(OC(C)C(=O)Nc2ccccc2C(F)(F)F)cc1. The first-order chi connectivity index (χ1) is 11.7. The van der Waals surface area contributed by atoms with Gasteiger partial charge in [-0.15, -0.1) is 0 Å². The molecule has 0 radical (unpaired) electrons. The van der Waals surface area contributed by atoms with Crippen LogP contribution < -0.4 is 10.1 Å². The van der Waals surface area contributed by atoms with Crippen molar-refractivity contribution in [3.63, 3.8) is 0 Å². The number of nitrogens with one attached hydrogen (secondary N) is 1. The van der Waals surface area contributed by atoms with Crippen LogP contribution in [0, 0.1) is 0 Å². The number of hydrogen-bond donors (Lipinski definition) is 1. The van der Waals surface area contributed by atoms with Gasteiger partial charge in [0, 0.05) is 5.56 Å². The number of alkyl halides is 3. The van der Waals surface area contributed by atoms with Gasteiger partial charge in [0.15, 0.2) is 11.9 Å². The molecule has 1 atom stereocenters. The van der Waals surface area contributed by atoms with E-state index in [0.717, 1.165) is 6.07 Å². The average molecular weight is 351 g/mol. The quantitative estimate of drug-likeness (QED) is 0.817. The number of carbonyl (C=O) groups is 2. The van der Waals surface area contributed by atoms with Crippen LogP contribution in [0.1, 0.15) is 29.8 Å². The van der Waals surface area contributed by atoms with Gasteiger partial charge in [-0.25, -0.2) is 0 Å². The summed E-state index contributed by atoms with van der Waals surface area (Å²) in [5.74, 6) is -0.495. The van der Waals surface area contributed by atoms with E-state index in [0.29, 0.717) is 11.3 Å². The molecule has 2 rings (SSSR count). The second-order valence-electron chi connectivity index (χ2n) is 5.37. The molecule has 7 heteroatoms. The fourth-order valence-electron chi connectivity index (χ4n) is 2.10. The minimum atomic E-state index is -4.57. The van der Waals surface area contributed by atoms with E-state index in [1.165, 1.54) is 44.2 Å². The molecule has 1 amide bonds. The van der Waals surface area contributed by atoms with Crippen LogP contribution in [0.2, 0.25) is 0 Å². The Morgan fingerprint density at radius 2 is 1.64 bits per heavy atom. The minimum Gasteiger partial charge on any atom is -0.481 e. The monoisotopic (exact) mass is 351 g/mol. The van der Waals surface area contributed by atoms with E-state index in [1.807, 2.05) is 0 Å². The second-order valence-corrected chi connectivity index (χ2v) is 5.37. The molecule has 25 heavy (non-hydrogen) atoms. The molecule has 2 aromatic rings. The van der Waals surface area contributed by atoms with E-state index < -0.39 is 23.8 Å². The van der Waals surface area contributed by atoms with Gasteiger partial charge in [0.25, 0.3) is 5.91 Å². The molecule has 0 bridgehead atoms. The van der Waals surface area contributed by atoms with Gasteiger partial charge >= 0.3 is 6.18 Å². The number of amides is 1. The van der Waals surface area contributed by atoms with Gasteiger partial charge < -0.3 is 10.1 Å². The number of halogens is 3. The first-order valence-electron chi connectivity index (χ1n) is 7.43. The highest BCUT2D eigenvalue weighted by Crippen LogP contribution is 2.34. The largest absolute Gasteiger partial charge is 0.481 e. The maximum Gasteiger partial charge on any atom is 0.418 e. The van der Waals surface area contributed by atoms with Crippen LogP contribution in [0.5, 0.6) is 5.75 Å². The van der Waals surface area contributed by atoms with Gasteiger partial charge in [-0.05, 0) is 50.2 Å². The molecule has 0 saturated heterocycles. The Morgan fingerprint density at radius 3 is 2.20 bits per heavy atom. The molecular weight excluding hydrogens is 335 g/mol. The Morgan fingerprint density at radius 1 is 1.04 bits per heavy atom. The molecule has 0 aromatic heterocycles. The number of para-hydroxylation sites is 1. The van der Waals surface area contributed by atoms with Gasteiger partial charge in [0.2, 0.25) is 0 Å². The number of Topliss-reactive ketones (excluding diaryl/α,β-unsaturated/α-hetero) is 1. The lowest BCUT2D eigenvalue weighted by atomic mass is 10.1. The zero-order valence-corrected chi connectivity index (χ0v) is 13.6. The Labute approximate surface area is 142 Å². The molecular formula is C18H16F3NO3. The lowest BCUT2D eigenvalue weighted by Crippen LogP contribution is -2.31. The van der Waals surface area contributed by atoms with E-state index in [2.05, 4.69) is 5.32 Å². The van der Waals surface area contributed by atoms with E-state index in [9.17, 15) is 22.8 Å². The molecule has 0 fully saturated rings. The summed E-state index contributed by atoms with van der Waals surface area (Å²) in [6.07, 6.45) is -5.60. The third kappa shape index (κ3) is 4.82. The Balaban J connectivity index is 2.07. The Hall–Kier alpha value is -2.83. The average Bonchev–Trinajstić information content (AvgIpc) is 2.54. The van der Waals surface area contributed by atoms with Gasteiger partial charge in [-0.1, -0.05) is 12.1 Å². The van der Waals surface area contributed by atoms with Crippen molar-refractivity contribution in [2.24, 2.45) is 0 Å². The summed E-state index contributed by atoms with van der Waals surface area (Å²) in [4.78, 5) is 23.3. The maximum atomic E-state index is 12.9. The third-order valence-corrected chi connectivity index (χ3v) is 3.43. The molecule has 4 nitrogen and oxygen atoms in total. The predicted octanol–water partition coefficient (Wildman–Crippen LogP) is 4.31. The van der Waals surface area contributed by atoms with E-state index in [-0.39, 0.29) is 11.5 Å². The van der Waals surface area contributed by atoms with Crippen LogP contribution in [0.25, 0.3) is 0 Å². The van der Waals surface area contributed by atoms with Crippen LogP contribution in [0.15, 0.2) is 48.5 Å². The van der Waals surface area contributed by atoms with Crippen LogP contribution in [0.3, 0.4) is 0 Å². The molecule has 2 aromatic carbocycles. The van der Waals surface area contributed by atoms with Gasteiger partial charge in [-0.2, -0.15) is 13.2 Å². The van der Waals surface area contributed by atoms with Gasteiger partial charge in [0.05, 0.1) is 11.3 Å². The molecule has 0 spiro atoms. The predicted molar refractivity (Wildman–Crippen MR) is 86.6 cm³/mol. The number of ether oxygens (including phenoxy) is 1. The third-order valence-electron chi connectivity index (χ3n) is 3.43. The van der Waals surface area contributed by atoms with Crippen molar-refractivity contribution in [1.82, 2.24) is 0 Å². The summed E-state index contributed by atoms with van der Waals surface area (Å²) in [7, 11) is 0. The summed E-state index contributed by atoms with van der Waals surface area (Å²) in [5.41, 5.74) is -0.771. The first-order valence-corrected chi connectivity index (χ1v) is 7.43. The van der Waals surface area contributed by atoms with Crippen molar-refractivity contribution in [2.75, 3.05) is 5.32 Å². The smallest absolute Gasteiger partial charge is 0.418 e. The van der Waals surface area contributed by atoms with Crippen LogP contribution >= 0.6 is 0 Å². The summed E-state index contributed by atoms with van der Waals surface area (Å²) in [6, 6.07) is 10.8. The van der Waals surface area contributed by atoms with Crippen molar-refractivity contribution in [2.45, 2.75) is 26.1 Å². The van der Waals surface area contributed by atoms with E-state index in [1.54, 1.807) is 12.1 Å². The van der Waals surface area contributed by atoms with Gasteiger partial charge in [-0.3, -0.25) is 9.59 Å². The maximum absolute atomic E-state index is 12.9. The molecule has 0 aliphatic rings. The molecule has 132 valence electrons. The van der Waals surface area contributed by atoms with Crippen LogP contribution in [0.4, 0.5) is 18.9 Å². The Bertz CT molecular complexity index is 770. The summed E-state index contributed by atoms with van der Waals surface area (Å²) >= 11 is 0. The second kappa shape index (κ2) is 7.38. The molecule has 0 heterocycles. The molecule has 0 saturated carbocycles. The zero-order valence-electron chi connectivity index (χ0n) is 13.6. The van der Waals surface area contributed by atoms with Crippen LogP contribution in [-0.2, 0) is 11.0 Å². The highest BCUT2D eigenvalue weighted by Gasteiger charge is 2.34. The van der Waals surface area contributed by atoms with Crippen molar-refractivity contribution < 1.29 is 27.5 Å². The highest BCUT2D eigenvalue weighted by molar-refractivity contribution is 5.95. The van der Waals surface area contributed by atoms with Crippen molar-refractivity contribution in [3.05, 3.63) is 59.7 Å². The summed E-state index contributed by atoms with van der Waals surface area (Å²) in [5, 5.41) is 2.23. The van der Waals surface area contributed by atoms with Crippen molar-refractivity contribution in [3.8, 4) is 5.75 Å². The number of benzene rings is 2. The number of carbonyl (C=O) groups excluding carboxylic acids is 2. The van der Waals surface area contributed by atoms with E-state index in [4.69, 9.17) is 4.74 Å². The highest BCUT2D eigenvalue weighted by atomic mass is 19.4. The standard InChI is InChI=1S/C18H16F3NO3/c1-11(23)13-7-9-14(10-8-13)25-12(2)17(24)22-16-6-4-3-5-15(16)18(19,20)21/h3-10,12H,1-2H3,(H,22,24). The lowest BCUT2D eigenvalue weighted by Gasteiger charge is -2.17. The number of anilines is 1. The molecule has 1 unspecified atom stereocenters. The first kappa shape index (κ1) is 18.5. The summed E-state index contributed by atoms with van der Waals surface area (Å²) in [6.45, 7) is 2.84. The normalized spacial score (nSPS) is 12.4. The zero-order chi connectivity index (χ0) is 18.6.